The van der Waals surface area contributed by atoms with E-state index in [2.05, 4.69) is 0 Å². The fraction of sp³-hybridized carbons (Fsp3) is 0.318. The Morgan fingerprint density at radius 1 is 0.867 bits per heavy atom. The van der Waals surface area contributed by atoms with Crippen LogP contribution in [0.1, 0.15) is 19.4 Å². The van der Waals surface area contributed by atoms with Crippen molar-refractivity contribution in [1.29, 1.82) is 0 Å². The minimum atomic E-state index is -0.889. The fourth-order valence-electron chi connectivity index (χ4n) is 3.22. The molecule has 1 heterocycles. The zero-order valence-electron chi connectivity index (χ0n) is 17.3. The van der Waals surface area contributed by atoms with Gasteiger partial charge in [0, 0.05) is 12.6 Å². The topological polar surface area (TPSA) is 79.4 Å². The van der Waals surface area contributed by atoms with Crippen molar-refractivity contribution in [3.63, 3.8) is 0 Å². The first kappa shape index (κ1) is 21.3. The highest BCUT2D eigenvalue weighted by atomic mass is 16.5. The molecule has 8 nitrogen and oxygen atoms in total. The summed E-state index contributed by atoms with van der Waals surface area (Å²) in [5.41, 5.74) is 1.30. The van der Waals surface area contributed by atoms with Crippen LogP contribution in [0.4, 0.5) is 10.5 Å². The Kier molecular flexibility index (Phi) is 6.68. The lowest BCUT2D eigenvalue weighted by Crippen LogP contribution is -2.40. The second-order valence-corrected chi connectivity index (χ2v) is 6.79. The maximum absolute atomic E-state index is 12.9. The lowest BCUT2D eigenvalue weighted by molar-refractivity contribution is -0.140. The summed E-state index contributed by atoms with van der Waals surface area (Å²) in [6.45, 7) is 5.04. The van der Waals surface area contributed by atoms with E-state index in [1.54, 1.807) is 24.1 Å². The van der Waals surface area contributed by atoms with E-state index in [0.717, 1.165) is 15.4 Å². The highest BCUT2D eigenvalue weighted by Crippen LogP contribution is 2.34. The molecular formula is C22H25N3O5. The molecule has 0 radical (unpaired) electrons. The summed E-state index contributed by atoms with van der Waals surface area (Å²) < 4.78 is 11.1. The Labute approximate surface area is 175 Å². The van der Waals surface area contributed by atoms with Crippen molar-refractivity contribution in [3.05, 3.63) is 54.1 Å². The predicted octanol–water partition coefficient (Wildman–Crippen LogP) is 2.87. The van der Waals surface area contributed by atoms with Crippen molar-refractivity contribution in [2.24, 2.45) is 0 Å². The summed E-state index contributed by atoms with van der Waals surface area (Å²) in [5, 5.41) is 0. The number of benzene rings is 2. The van der Waals surface area contributed by atoms with Crippen molar-refractivity contribution in [1.82, 2.24) is 9.80 Å². The maximum atomic E-state index is 12.9. The van der Waals surface area contributed by atoms with Crippen LogP contribution in [0.2, 0.25) is 0 Å². The molecular weight excluding hydrogens is 386 g/mol. The van der Waals surface area contributed by atoms with Crippen LogP contribution >= 0.6 is 0 Å². The third-order valence-corrected chi connectivity index (χ3v) is 4.52. The van der Waals surface area contributed by atoms with Crippen LogP contribution in [0.5, 0.6) is 11.5 Å². The highest BCUT2D eigenvalue weighted by molar-refractivity contribution is 6.52. The smallest absolute Gasteiger partial charge is 0.340 e. The first-order valence-corrected chi connectivity index (χ1v) is 9.78. The molecule has 2 aromatic carbocycles. The van der Waals surface area contributed by atoms with Crippen LogP contribution < -0.4 is 14.4 Å². The first-order chi connectivity index (χ1) is 14.5. The molecule has 30 heavy (non-hydrogen) atoms. The number of carbonyl (C=O) groups is 3. The van der Waals surface area contributed by atoms with E-state index in [9.17, 15) is 14.4 Å². The van der Waals surface area contributed by atoms with Gasteiger partial charge in [0.25, 0.3) is 0 Å². The molecule has 1 saturated heterocycles. The van der Waals surface area contributed by atoms with Crippen molar-refractivity contribution in [2.75, 3.05) is 31.8 Å². The molecule has 158 valence electrons. The number of carbonyl (C=O) groups excluding carboxylic acids is 3. The Bertz CT molecular complexity index is 932. The van der Waals surface area contributed by atoms with Crippen LogP contribution in [0, 0.1) is 0 Å². The van der Waals surface area contributed by atoms with E-state index in [-0.39, 0.29) is 12.4 Å². The second kappa shape index (κ2) is 9.41. The van der Waals surface area contributed by atoms with Gasteiger partial charge in [-0.15, -0.1) is 0 Å². The van der Waals surface area contributed by atoms with Gasteiger partial charge in [-0.3, -0.25) is 14.5 Å². The van der Waals surface area contributed by atoms with Gasteiger partial charge in [-0.1, -0.05) is 30.3 Å². The summed E-state index contributed by atoms with van der Waals surface area (Å²) in [7, 11) is 1.78. The number of hydrogen-bond acceptors (Lipinski definition) is 6. The standard InChI is InChI=1S/C22H25N3O5/c1-4-29-18-12-11-17(13-19(18)30-5-2)25-21(27)20(26)24(22(25)28)15-23(3)14-16-9-7-6-8-10-16/h6-13H,4-5,14-15H2,1-3H3. The minimum absolute atomic E-state index is 0.00411. The molecule has 0 aliphatic carbocycles. The van der Waals surface area contributed by atoms with Gasteiger partial charge in [0.05, 0.1) is 25.6 Å². The molecule has 0 N–H and O–H groups in total. The quantitative estimate of drug-likeness (QED) is 0.466. The van der Waals surface area contributed by atoms with Gasteiger partial charge in [0.15, 0.2) is 11.5 Å². The minimum Gasteiger partial charge on any atom is -0.490 e. The predicted molar refractivity (Wildman–Crippen MR) is 111 cm³/mol. The van der Waals surface area contributed by atoms with Crippen LogP contribution in [-0.2, 0) is 16.1 Å². The Hall–Kier alpha value is -3.39. The number of hydrogen-bond donors (Lipinski definition) is 0. The number of amides is 4. The second-order valence-electron chi connectivity index (χ2n) is 6.79. The van der Waals surface area contributed by atoms with E-state index >= 15 is 0 Å². The first-order valence-electron chi connectivity index (χ1n) is 9.78. The SMILES string of the molecule is CCOc1ccc(N2C(=O)C(=O)N(CN(C)Cc3ccccc3)C2=O)cc1OCC. The lowest BCUT2D eigenvalue weighted by Gasteiger charge is -2.22. The monoisotopic (exact) mass is 411 g/mol. The third kappa shape index (κ3) is 4.44. The summed E-state index contributed by atoms with van der Waals surface area (Å²) in [4.78, 5) is 41.6. The summed E-state index contributed by atoms with van der Waals surface area (Å²) in [6, 6.07) is 13.7. The van der Waals surface area contributed by atoms with Crippen molar-refractivity contribution >= 4 is 23.5 Å². The molecule has 8 heteroatoms. The zero-order chi connectivity index (χ0) is 21.7. The molecule has 0 aromatic heterocycles. The summed E-state index contributed by atoms with van der Waals surface area (Å²) in [6.07, 6.45) is 0. The molecule has 0 bridgehead atoms. The molecule has 0 unspecified atom stereocenters. The zero-order valence-corrected chi connectivity index (χ0v) is 17.3. The number of anilines is 1. The highest BCUT2D eigenvalue weighted by Gasteiger charge is 2.45. The molecule has 1 aliphatic rings. The lowest BCUT2D eigenvalue weighted by atomic mass is 10.2. The van der Waals surface area contributed by atoms with Crippen molar-refractivity contribution in [3.8, 4) is 11.5 Å². The Morgan fingerprint density at radius 2 is 1.53 bits per heavy atom. The van der Waals surface area contributed by atoms with E-state index in [4.69, 9.17) is 9.47 Å². The average Bonchev–Trinajstić information content (AvgIpc) is 2.94. The number of nitrogens with zero attached hydrogens (tertiary/aromatic N) is 3. The third-order valence-electron chi connectivity index (χ3n) is 4.52. The molecule has 3 rings (SSSR count). The van der Waals surface area contributed by atoms with Gasteiger partial charge in [-0.05, 0) is 38.6 Å². The van der Waals surface area contributed by atoms with Crippen LogP contribution in [0.25, 0.3) is 0 Å². The summed E-state index contributed by atoms with van der Waals surface area (Å²) >= 11 is 0. The fourth-order valence-corrected chi connectivity index (χ4v) is 3.22. The van der Waals surface area contributed by atoms with Gasteiger partial charge in [0.2, 0.25) is 0 Å². The normalized spacial score (nSPS) is 14.1. The van der Waals surface area contributed by atoms with E-state index in [1.807, 2.05) is 44.2 Å². The summed E-state index contributed by atoms with van der Waals surface area (Å²) in [5.74, 6) is -0.830. The maximum Gasteiger partial charge on any atom is 0.340 e. The average molecular weight is 411 g/mol. The molecule has 2 aromatic rings. The number of urea groups is 1. The van der Waals surface area contributed by atoms with Gasteiger partial charge >= 0.3 is 17.8 Å². The Balaban J connectivity index is 1.79. The van der Waals surface area contributed by atoms with Gasteiger partial charge in [-0.25, -0.2) is 14.6 Å². The largest absolute Gasteiger partial charge is 0.490 e. The molecule has 4 amide bonds. The van der Waals surface area contributed by atoms with Crippen LogP contribution in [-0.4, -0.2) is 54.6 Å². The molecule has 0 saturated carbocycles. The number of ether oxygens (including phenoxy) is 2. The van der Waals surface area contributed by atoms with E-state index in [1.165, 1.54) is 6.07 Å². The van der Waals surface area contributed by atoms with Crippen LogP contribution in [0.15, 0.2) is 48.5 Å². The van der Waals surface area contributed by atoms with Crippen LogP contribution in [0.3, 0.4) is 0 Å². The number of imide groups is 2. The van der Waals surface area contributed by atoms with Crippen molar-refractivity contribution in [2.45, 2.75) is 20.4 Å². The van der Waals surface area contributed by atoms with Crippen molar-refractivity contribution < 1.29 is 23.9 Å². The Morgan fingerprint density at radius 3 is 2.20 bits per heavy atom. The van der Waals surface area contributed by atoms with Gasteiger partial charge in [0.1, 0.15) is 0 Å². The van der Waals surface area contributed by atoms with Gasteiger partial charge in [-0.2, -0.15) is 0 Å². The van der Waals surface area contributed by atoms with Gasteiger partial charge < -0.3 is 9.47 Å². The molecule has 0 atom stereocenters. The molecule has 1 aliphatic heterocycles. The molecule has 1 fully saturated rings. The van der Waals surface area contributed by atoms with E-state index < -0.39 is 17.8 Å². The molecule has 0 spiro atoms. The van der Waals surface area contributed by atoms with E-state index in [0.29, 0.717) is 31.3 Å². The number of rotatable bonds is 9.